The Bertz CT molecular complexity index is 330. The molecule has 3 heteroatoms. The fourth-order valence-electron chi connectivity index (χ4n) is 1.89. The van der Waals surface area contributed by atoms with Gasteiger partial charge in [-0.2, -0.15) is 5.10 Å². The third-order valence-corrected chi connectivity index (χ3v) is 3.04. The van der Waals surface area contributed by atoms with E-state index in [4.69, 9.17) is 0 Å². The van der Waals surface area contributed by atoms with E-state index in [9.17, 15) is 4.79 Å². The van der Waals surface area contributed by atoms with Gasteiger partial charge in [-0.3, -0.25) is 9.48 Å². The van der Waals surface area contributed by atoms with Crippen LogP contribution in [0.15, 0.2) is 12.4 Å². The van der Waals surface area contributed by atoms with Crippen LogP contribution in [0.3, 0.4) is 0 Å². The van der Waals surface area contributed by atoms with Crippen molar-refractivity contribution in [1.82, 2.24) is 9.78 Å². The molecule has 1 aromatic rings. The Balaban J connectivity index is 2.48. The van der Waals surface area contributed by atoms with Gasteiger partial charge in [0.25, 0.3) is 0 Å². The summed E-state index contributed by atoms with van der Waals surface area (Å²) in [5.74, 6) is 0.767. The molecular weight excluding hydrogens is 200 g/mol. The predicted octanol–water partition coefficient (Wildman–Crippen LogP) is 3.21. The van der Waals surface area contributed by atoms with Crippen LogP contribution in [0.25, 0.3) is 0 Å². The zero-order valence-corrected chi connectivity index (χ0v) is 10.6. The lowest BCUT2D eigenvalue weighted by molar-refractivity contribution is 0.0957. The number of aryl methyl sites for hydroxylation is 1. The molecule has 0 amide bonds. The van der Waals surface area contributed by atoms with Gasteiger partial charge in [0.2, 0.25) is 0 Å². The number of aromatic nitrogens is 2. The fourth-order valence-corrected chi connectivity index (χ4v) is 1.89. The maximum Gasteiger partial charge on any atom is 0.166 e. The molecule has 1 rings (SSSR count). The van der Waals surface area contributed by atoms with E-state index in [-0.39, 0.29) is 5.78 Å². The fraction of sp³-hybridized carbons (Fsp3) is 0.692. The second-order valence-electron chi connectivity index (χ2n) is 4.45. The minimum Gasteiger partial charge on any atom is -0.294 e. The van der Waals surface area contributed by atoms with Crippen LogP contribution in [0.2, 0.25) is 0 Å². The maximum absolute atomic E-state index is 11.9. The van der Waals surface area contributed by atoms with Crippen molar-refractivity contribution >= 4 is 5.78 Å². The largest absolute Gasteiger partial charge is 0.294 e. The lowest BCUT2D eigenvalue weighted by Gasteiger charge is -2.12. The molecular formula is C13H22N2O. The minimum absolute atomic E-state index is 0.232. The molecule has 0 saturated heterocycles. The van der Waals surface area contributed by atoms with Gasteiger partial charge in [-0.15, -0.1) is 0 Å². The Labute approximate surface area is 97.8 Å². The molecule has 0 radical (unpaired) electrons. The molecule has 16 heavy (non-hydrogen) atoms. The summed E-state index contributed by atoms with van der Waals surface area (Å²) in [5.41, 5.74) is 0.748. The molecule has 0 aliphatic heterocycles. The molecule has 1 heterocycles. The highest BCUT2D eigenvalue weighted by Crippen LogP contribution is 2.19. The standard InChI is InChI=1S/C13H22N2O/c1-4-6-7-11(5-2)8-13(16)12-9-14-15(3)10-12/h9-11H,4-8H2,1-3H3. The average Bonchev–Trinajstić information content (AvgIpc) is 2.70. The van der Waals surface area contributed by atoms with E-state index in [1.165, 1.54) is 19.3 Å². The van der Waals surface area contributed by atoms with E-state index in [0.717, 1.165) is 12.0 Å². The maximum atomic E-state index is 11.9. The Morgan fingerprint density at radius 1 is 1.50 bits per heavy atom. The quantitative estimate of drug-likeness (QED) is 0.664. The number of hydrogen-bond donors (Lipinski definition) is 0. The predicted molar refractivity (Wildman–Crippen MR) is 65.5 cm³/mol. The summed E-state index contributed by atoms with van der Waals surface area (Å²) >= 11 is 0. The molecule has 1 atom stereocenters. The second kappa shape index (κ2) is 6.46. The normalized spacial score (nSPS) is 12.7. The van der Waals surface area contributed by atoms with Crippen molar-refractivity contribution in [1.29, 1.82) is 0 Å². The topological polar surface area (TPSA) is 34.9 Å². The molecule has 0 N–H and O–H groups in total. The van der Waals surface area contributed by atoms with Crippen molar-refractivity contribution in [3.05, 3.63) is 18.0 Å². The van der Waals surface area contributed by atoms with Crippen LogP contribution in [-0.4, -0.2) is 15.6 Å². The van der Waals surface area contributed by atoms with E-state index in [0.29, 0.717) is 12.3 Å². The summed E-state index contributed by atoms with van der Waals surface area (Å²) in [6.07, 6.45) is 8.81. The van der Waals surface area contributed by atoms with Crippen LogP contribution in [0.1, 0.15) is 56.3 Å². The molecule has 3 nitrogen and oxygen atoms in total. The van der Waals surface area contributed by atoms with Crippen molar-refractivity contribution in [2.45, 2.75) is 46.0 Å². The van der Waals surface area contributed by atoms with Crippen molar-refractivity contribution in [2.24, 2.45) is 13.0 Å². The number of ketones is 1. The Morgan fingerprint density at radius 3 is 2.75 bits per heavy atom. The lowest BCUT2D eigenvalue weighted by atomic mass is 9.92. The molecule has 0 aliphatic rings. The number of rotatable bonds is 7. The number of carbonyl (C=O) groups is 1. The SMILES string of the molecule is CCCCC(CC)CC(=O)c1cnn(C)c1. The third-order valence-electron chi connectivity index (χ3n) is 3.04. The van der Waals surface area contributed by atoms with E-state index >= 15 is 0 Å². The first-order valence-electron chi connectivity index (χ1n) is 6.19. The van der Waals surface area contributed by atoms with E-state index < -0.39 is 0 Å². The highest BCUT2D eigenvalue weighted by atomic mass is 16.1. The van der Waals surface area contributed by atoms with E-state index in [1.54, 1.807) is 17.1 Å². The molecule has 0 aromatic carbocycles. The summed E-state index contributed by atoms with van der Waals surface area (Å²) in [6.45, 7) is 4.35. The molecule has 1 aromatic heterocycles. The first kappa shape index (κ1) is 12.9. The average molecular weight is 222 g/mol. The molecule has 0 fully saturated rings. The summed E-state index contributed by atoms with van der Waals surface area (Å²) in [7, 11) is 1.84. The van der Waals surface area contributed by atoms with Crippen LogP contribution in [-0.2, 0) is 7.05 Å². The van der Waals surface area contributed by atoms with Crippen LogP contribution in [0, 0.1) is 5.92 Å². The van der Waals surface area contributed by atoms with Gasteiger partial charge in [-0.05, 0) is 5.92 Å². The number of carbonyl (C=O) groups excluding carboxylic acids is 1. The first-order chi connectivity index (χ1) is 7.67. The van der Waals surface area contributed by atoms with Crippen LogP contribution in [0.5, 0.6) is 0 Å². The third kappa shape index (κ3) is 3.80. The van der Waals surface area contributed by atoms with Crippen molar-refractivity contribution in [3.63, 3.8) is 0 Å². The van der Waals surface area contributed by atoms with Crippen molar-refractivity contribution in [2.75, 3.05) is 0 Å². The lowest BCUT2D eigenvalue weighted by Crippen LogP contribution is -2.07. The summed E-state index contributed by atoms with van der Waals surface area (Å²) in [5, 5.41) is 4.03. The van der Waals surface area contributed by atoms with Crippen LogP contribution in [0.4, 0.5) is 0 Å². The summed E-state index contributed by atoms with van der Waals surface area (Å²) in [4.78, 5) is 11.9. The summed E-state index contributed by atoms with van der Waals surface area (Å²) < 4.78 is 1.68. The van der Waals surface area contributed by atoms with Gasteiger partial charge in [0.05, 0.1) is 11.8 Å². The monoisotopic (exact) mass is 222 g/mol. The van der Waals surface area contributed by atoms with E-state index in [1.807, 2.05) is 7.05 Å². The molecule has 90 valence electrons. The highest BCUT2D eigenvalue weighted by molar-refractivity contribution is 5.95. The van der Waals surface area contributed by atoms with Crippen molar-refractivity contribution < 1.29 is 4.79 Å². The van der Waals surface area contributed by atoms with Gasteiger partial charge in [0, 0.05) is 19.7 Å². The number of unbranched alkanes of at least 4 members (excludes halogenated alkanes) is 1. The van der Waals surface area contributed by atoms with Crippen LogP contribution < -0.4 is 0 Å². The second-order valence-corrected chi connectivity index (χ2v) is 4.45. The van der Waals surface area contributed by atoms with Crippen LogP contribution >= 0.6 is 0 Å². The molecule has 0 saturated carbocycles. The van der Waals surface area contributed by atoms with Gasteiger partial charge in [0.1, 0.15) is 0 Å². The first-order valence-corrected chi connectivity index (χ1v) is 6.19. The van der Waals surface area contributed by atoms with Crippen molar-refractivity contribution in [3.8, 4) is 0 Å². The highest BCUT2D eigenvalue weighted by Gasteiger charge is 2.14. The van der Waals surface area contributed by atoms with Gasteiger partial charge in [0.15, 0.2) is 5.78 Å². The molecule has 0 spiro atoms. The Morgan fingerprint density at radius 2 is 2.25 bits per heavy atom. The van der Waals surface area contributed by atoms with E-state index in [2.05, 4.69) is 18.9 Å². The van der Waals surface area contributed by atoms with Gasteiger partial charge in [-0.1, -0.05) is 39.5 Å². The van der Waals surface area contributed by atoms with Gasteiger partial charge in [-0.25, -0.2) is 0 Å². The number of hydrogen-bond acceptors (Lipinski definition) is 2. The summed E-state index contributed by atoms with van der Waals surface area (Å²) in [6, 6.07) is 0. The van der Waals surface area contributed by atoms with Gasteiger partial charge < -0.3 is 0 Å². The number of nitrogens with zero attached hydrogens (tertiary/aromatic N) is 2. The Kier molecular flexibility index (Phi) is 5.23. The zero-order chi connectivity index (χ0) is 12.0. The molecule has 0 aliphatic carbocycles. The smallest absolute Gasteiger partial charge is 0.166 e. The number of Topliss-reactive ketones (excluding diaryl/α,β-unsaturated/α-hetero) is 1. The molecule has 0 bridgehead atoms. The zero-order valence-electron chi connectivity index (χ0n) is 10.6. The molecule has 1 unspecified atom stereocenters. The minimum atomic E-state index is 0.232. The Hall–Kier alpha value is -1.12. The van der Waals surface area contributed by atoms with Gasteiger partial charge >= 0.3 is 0 Å².